The first-order chi connectivity index (χ1) is 9.13. The van der Waals surface area contributed by atoms with Crippen LogP contribution >= 0.6 is 0 Å². The predicted octanol–water partition coefficient (Wildman–Crippen LogP) is -0.604. The molecule has 1 saturated heterocycles. The average Bonchev–Trinajstić information content (AvgIpc) is 2.94. The molecule has 2 aromatic heterocycles. The van der Waals surface area contributed by atoms with E-state index in [9.17, 15) is 15.0 Å². The summed E-state index contributed by atoms with van der Waals surface area (Å²) >= 11 is 0. The van der Waals surface area contributed by atoms with E-state index >= 15 is 0 Å². The Morgan fingerprint density at radius 1 is 1.32 bits per heavy atom. The van der Waals surface area contributed by atoms with Crippen LogP contribution in [0.25, 0.3) is 11.0 Å². The Balaban J connectivity index is 2.06. The van der Waals surface area contributed by atoms with Crippen molar-refractivity contribution in [3.63, 3.8) is 0 Å². The number of nitrogens with zero attached hydrogens (tertiary/aromatic N) is 1. The average molecular weight is 264 g/mol. The van der Waals surface area contributed by atoms with Gasteiger partial charge in [0.25, 0.3) is 5.56 Å². The molecule has 0 aromatic carbocycles. The third-order valence-electron chi connectivity index (χ3n) is 3.77. The van der Waals surface area contributed by atoms with Gasteiger partial charge in [-0.1, -0.05) is 6.92 Å². The van der Waals surface area contributed by atoms with E-state index in [1.807, 2.05) is 6.92 Å². The molecule has 0 saturated carbocycles. The van der Waals surface area contributed by atoms with Crippen molar-refractivity contribution in [2.24, 2.45) is 0 Å². The lowest BCUT2D eigenvalue weighted by Crippen LogP contribution is -2.31. The van der Waals surface area contributed by atoms with Crippen LogP contribution in [0.4, 0.5) is 0 Å². The van der Waals surface area contributed by atoms with E-state index in [-0.39, 0.29) is 11.6 Å². The number of hydrogen-bond donors (Lipinski definition) is 5. The summed E-state index contributed by atoms with van der Waals surface area (Å²) in [6.45, 7) is 1.94. The monoisotopic (exact) mass is 264 g/mol. The Kier molecular flexibility index (Phi) is 2.89. The second-order valence-electron chi connectivity index (χ2n) is 4.84. The van der Waals surface area contributed by atoms with Crippen molar-refractivity contribution in [2.45, 2.75) is 37.6 Å². The largest absolute Gasteiger partial charge is 0.389 e. The van der Waals surface area contributed by atoms with Gasteiger partial charge in [0.05, 0.1) is 18.5 Å². The zero-order chi connectivity index (χ0) is 13.6. The van der Waals surface area contributed by atoms with E-state index in [1.165, 1.54) is 6.33 Å². The fraction of sp³-hybridized carbons (Fsp3) is 0.500. The van der Waals surface area contributed by atoms with Crippen LogP contribution in [-0.2, 0) is 0 Å². The number of H-pyrrole nitrogens is 2. The number of nitrogens with one attached hydrogen (secondary N) is 3. The van der Waals surface area contributed by atoms with Gasteiger partial charge in [-0.3, -0.25) is 4.79 Å². The van der Waals surface area contributed by atoms with E-state index in [2.05, 4.69) is 20.3 Å². The Hall–Kier alpha value is -1.70. The summed E-state index contributed by atoms with van der Waals surface area (Å²) in [5.74, 6) is 0. The third-order valence-corrected chi connectivity index (χ3v) is 3.77. The number of aliphatic hydroxyl groups excluding tert-OH is 2. The van der Waals surface area contributed by atoms with E-state index in [0.29, 0.717) is 23.0 Å². The first-order valence-corrected chi connectivity index (χ1v) is 6.30. The molecule has 1 aliphatic rings. The molecule has 1 fully saturated rings. The van der Waals surface area contributed by atoms with Gasteiger partial charge in [-0.25, -0.2) is 4.98 Å². The Labute approximate surface area is 108 Å². The van der Waals surface area contributed by atoms with Crippen LogP contribution in [0, 0.1) is 0 Å². The minimum atomic E-state index is -0.912. The topological polar surface area (TPSA) is 114 Å². The number of aromatic amines is 2. The molecule has 7 heteroatoms. The molecule has 0 spiro atoms. The number of rotatable bonds is 2. The Morgan fingerprint density at radius 2 is 2.11 bits per heavy atom. The first-order valence-electron chi connectivity index (χ1n) is 6.30. The van der Waals surface area contributed by atoms with Crippen molar-refractivity contribution < 1.29 is 10.2 Å². The van der Waals surface area contributed by atoms with E-state index in [0.717, 1.165) is 0 Å². The summed E-state index contributed by atoms with van der Waals surface area (Å²) in [6, 6.07) is -0.588. The fourth-order valence-electron chi connectivity index (χ4n) is 2.70. The van der Waals surface area contributed by atoms with Crippen molar-refractivity contribution >= 4 is 11.0 Å². The summed E-state index contributed by atoms with van der Waals surface area (Å²) in [7, 11) is 0. The summed E-state index contributed by atoms with van der Waals surface area (Å²) in [6.07, 6.45) is 1.97. The SMILES string of the molecule is CCC1NC(c2c[nH]c3c(=O)[nH]cnc23)C(O)C1O. The molecule has 0 aliphatic carbocycles. The lowest BCUT2D eigenvalue weighted by atomic mass is 10.0. The Morgan fingerprint density at radius 3 is 2.79 bits per heavy atom. The van der Waals surface area contributed by atoms with Crippen LogP contribution in [0.1, 0.15) is 24.9 Å². The highest BCUT2D eigenvalue weighted by Crippen LogP contribution is 2.31. The lowest BCUT2D eigenvalue weighted by molar-refractivity contribution is 0.0276. The van der Waals surface area contributed by atoms with Gasteiger partial charge in [0, 0.05) is 17.8 Å². The van der Waals surface area contributed by atoms with Crippen LogP contribution in [0.15, 0.2) is 17.3 Å². The summed E-state index contributed by atoms with van der Waals surface area (Å²) < 4.78 is 0. The molecule has 19 heavy (non-hydrogen) atoms. The smallest absolute Gasteiger partial charge is 0.275 e. The van der Waals surface area contributed by atoms with E-state index in [4.69, 9.17) is 0 Å². The maximum Gasteiger partial charge on any atom is 0.275 e. The molecule has 102 valence electrons. The van der Waals surface area contributed by atoms with Crippen LogP contribution in [-0.4, -0.2) is 43.4 Å². The van der Waals surface area contributed by atoms with Crippen molar-refractivity contribution in [2.75, 3.05) is 0 Å². The summed E-state index contributed by atoms with van der Waals surface area (Å²) in [4.78, 5) is 21.1. The van der Waals surface area contributed by atoms with Crippen molar-refractivity contribution in [3.05, 3.63) is 28.4 Å². The third kappa shape index (κ3) is 1.78. The quantitative estimate of drug-likeness (QED) is 0.497. The van der Waals surface area contributed by atoms with E-state index < -0.39 is 18.2 Å². The zero-order valence-electron chi connectivity index (χ0n) is 10.4. The molecule has 0 amide bonds. The highest BCUT2D eigenvalue weighted by molar-refractivity contribution is 5.78. The molecule has 2 aromatic rings. The van der Waals surface area contributed by atoms with Gasteiger partial charge < -0.3 is 25.5 Å². The molecule has 4 unspecified atom stereocenters. The fourth-order valence-corrected chi connectivity index (χ4v) is 2.70. The molecule has 3 rings (SSSR count). The second kappa shape index (κ2) is 4.44. The predicted molar refractivity (Wildman–Crippen MR) is 68.7 cm³/mol. The van der Waals surface area contributed by atoms with E-state index in [1.54, 1.807) is 6.20 Å². The van der Waals surface area contributed by atoms with Crippen LogP contribution < -0.4 is 10.9 Å². The highest BCUT2D eigenvalue weighted by Gasteiger charge is 2.41. The molecule has 7 nitrogen and oxygen atoms in total. The van der Waals surface area contributed by atoms with Gasteiger partial charge >= 0.3 is 0 Å². The lowest BCUT2D eigenvalue weighted by Gasteiger charge is -2.14. The van der Waals surface area contributed by atoms with Gasteiger partial charge in [0.2, 0.25) is 0 Å². The van der Waals surface area contributed by atoms with Gasteiger partial charge in [0.15, 0.2) is 0 Å². The molecule has 0 radical (unpaired) electrons. The van der Waals surface area contributed by atoms with Gasteiger partial charge in [-0.2, -0.15) is 0 Å². The number of aliphatic hydroxyl groups is 2. The zero-order valence-corrected chi connectivity index (χ0v) is 10.4. The molecular weight excluding hydrogens is 248 g/mol. The maximum absolute atomic E-state index is 11.6. The molecule has 1 aliphatic heterocycles. The minimum Gasteiger partial charge on any atom is -0.389 e. The molecule has 4 atom stereocenters. The first kappa shape index (κ1) is 12.3. The van der Waals surface area contributed by atoms with Gasteiger partial charge in [0.1, 0.15) is 17.1 Å². The standard InChI is InChI=1S/C12H16N4O3/c1-2-6-10(17)11(18)8(16-6)5-3-13-9-7(5)14-4-15-12(9)19/h3-4,6,8,10-11,13,16-18H,2H2,1H3,(H,14,15,19). The molecule has 3 heterocycles. The normalized spacial score (nSPS) is 31.1. The van der Waals surface area contributed by atoms with Crippen molar-refractivity contribution in [1.82, 2.24) is 20.3 Å². The maximum atomic E-state index is 11.6. The van der Waals surface area contributed by atoms with Crippen LogP contribution in [0.2, 0.25) is 0 Å². The number of hydrogen-bond acceptors (Lipinski definition) is 5. The highest BCUT2D eigenvalue weighted by atomic mass is 16.3. The number of aromatic nitrogens is 3. The van der Waals surface area contributed by atoms with Crippen LogP contribution in [0.3, 0.4) is 0 Å². The summed E-state index contributed by atoms with van der Waals surface area (Å²) in [5, 5.41) is 23.2. The minimum absolute atomic E-state index is 0.160. The Bertz CT molecular complexity index is 650. The van der Waals surface area contributed by atoms with Gasteiger partial charge in [-0.15, -0.1) is 0 Å². The molecule has 0 bridgehead atoms. The summed E-state index contributed by atoms with van der Waals surface area (Å²) in [5.41, 5.74) is 1.34. The molecular formula is C12H16N4O3. The van der Waals surface area contributed by atoms with Crippen molar-refractivity contribution in [1.29, 1.82) is 0 Å². The second-order valence-corrected chi connectivity index (χ2v) is 4.84. The van der Waals surface area contributed by atoms with Gasteiger partial charge in [-0.05, 0) is 6.42 Å². The molecule has 5 N–H and O–H groups in total. The van der Waals surface area contributed by atoms with Crippen LogP contribution in [0.5, 0.6) is 0 Å². The van der Waals surface area contributed by atoms with Crippen molar-refractivity contribution in [3.8, 4) is 0 Å². The number of fused-ring (bicyclic) bond motifs is 1.